The average Bonchev–Trinajstić information content (AvgIpc) is 2.70. The van der Waals surface area contributed by atoms with Crippen LogP contribution < -0.4 is 5.73 Å². The highest BCUT2D eigenvalue weighted by atomic mass is 16.5. The molecule has 0 aliphatic heterocycles. The zero-order chi connectivity index (χ0) is 14.5. The normalized spacial score (nSPS) is 11.6. The SMILES string of the molecule is CCCn1cc(N)cc1C(=O)OCCC(C)(C)OC. The van der Waals surface area contributed by atoms with E-state index in [2.05, 4.69) is 0 Å². The minimum Gasteiger partial charge on any atom is -0.461 e. The number of ether oxygens (including phenoxy) is 2. The van der Waals surface area contributed by atoms with Crippen molar-refractivity contribution in [2.45, 2.75) is 45.8 Å². The van der Waals surface area contributed by atoms with Crippen molar-refractivity contribution in [2.24, 2.45) is 0 Å². The lowest BCUT2D eigenvalue weighted by atomic mass is 10.1. The minimum atomic E-state index is -0.336. The van der Waals surface area contributed by atoms with Crippen LogP contribution in [-0.4, -0.2) is 29.9 Å². The molecule has 0 spiro atoms. The number of nitrogens with zero attached hydrogens (tertiary/aromatic N) is 1. The van der Waals surface area contributed by atoms with Gasteiger partial charge in [-0.2, -0.15) is 0 Å². The van der Waals surface area contributed by atoms with Crippen molar-refractivity contribution in [3.8, 4) is 0 Å². The van der Waals surface area contributed by atoms with Gasteiger partial charge in [-0.15, -0.1) is 0 Å². The molecule has 1 heterocycles. The maximum atomic E-state index is 12.0. The van der Waals surface area contributed by atoms with Crippen LogP contribution in [0.25, 0.3) is 0 Å². The molecule has 0 aliphatic carbocycles. The average molecular weight is 268 g/mol. The van der Waals surface area contributed by atoms with Gasteiger partial charge in [0.2, 0.25) is 0 Å². The number of nitrogen functional groups attached to an aromatic ring is 1. The predicted molar refractivity (Wildman–Crippen MR) is 75.1 cm³/mol. The van der Waals surface area contributed by atoms with Gasteiger partial charge in [-0.25, -0.2) is 4.79 Å². The number of rotatable bonds is 7. The lowest BCUT2D eigenvalue weighted by Gasteiger charge is -2.22. The number of nitrogens with two attached hydrogens (primary N) is 1. The number of hydrogen-bond donors (Lipinski definition) is 1. The predicted octanol–water partition coefficient (Wildman–Crippen LogP) is 2.45. The Morgan fingerprint density at radius 3 is 2.74 bits per heavy atom. The van der Waals surface area contributed by atoms with Crippen molar-refractivity contribution >= 4 is 11.7 Å². The Hall–Kier alpha value is -1.49. The number of esters is 1. The van der Waals surface area contributed by atoms with Crippen LogP contribution in [0.4, 0.5) is 5.69 Å². The van der Waals surface area contributed by atoms with E-state index in [0.717, 1.165) is 13.0 Å². The van der Waals surface area contributed by atoms with Crippen LogP contribution in [0, 0.1) is 0 Å². The highest BCUT2D eigenvalue weighted by molar-refractivity contribution is 5.89. The largest absolute Gasteiger partial charge is 0.461 e. The van der Waals surface area contributed by atoms with Crippen molar-refractivity contribution in [1.82, 2.24) is 4.57 Å². The summed E-state index contributed by atoms with van der Waals surface area (Å²) < 4.78 is 12.4. The number of anilines is 1. The second kappa shape index (κ2) is 6.61. The highest BCUT2D eigenvalue weighted by Crippen LogP contribution is 2.15. The minimum absolute atomic E-state index is 0.287. The molecule has 0 radical (unpaired) electrons. The molecule has 19 heavy (non-hydrogen) atoms. The van der Waals surface area contributed by atoms with Crippen LogP contribution in [0.2, 0.25) is 0 Å². The Balaban J connectivity index is 2.58. The summed E-state index contributed by atoms with van der Waals surface area (Å²) in [5.41, 5.74) is 6.52. The summed E-state index contributed by atoms with van der Waals surface area (Å²) in [4.78, 5) is 12.0. The van der Waals surface area contributed by atoms with Gasteiger partial charge in [-0.1, -0.05) is 6.92 Å². The summed E-state index contributed by atoms with van der Waals surface area (Å²) in [5, 5.41) is 0. The Bertz CT molecular complexity index is 424. The fourth-order valence-corrected chi connectivity index (χ4v) is 1.70. The van der Waals surface area contributed by atoms with Crippen LogP contribution in [0.1, 0.15) is 44.1 Å². The molecule has 108 valence electrons. The van der Waals surface area contributed by atoms with Gasteiger partial charge in [0.1, 0.15) is 5.69 Å². The molecule has 0 fully saturated rings. The van der Waals surface area contributed by atoms with Crippen molar-refractivity contribution in [3.63, 3.8) is 0 Å². The van der Waals surface area contributed by atoms with Crippen LogP contribution >= 0.6 is 0 Å². The maximum absolute atomic E-state index is 12.0. The first-order valence-electron chi connectivity index (χ1n) is 6.57. The number of carbonyl (C=O) groups excluding carboxylic acids is 1. The lowest BCUT2D eigenvalue weighted by Crippen LogP contribution is -2.25. The smallest absolute Gasteiger partial charge is 0.355 e. The van der Waals surface area contributed by atoms with Gasteiger partial charge >= 0.3 is 5.97 Å². The molecule has 1 aromatic rings. The van der Waals surface area contributed by atoms with E-state index in [0.29, 0.717) is 24.4 Å². The van der Waals surface area contributed by atoms with Gasteiger partial charge < -0.3 is 19.8 Å². The van der Waals surface area contributed by atoms with Crippen LogP contribution in [0.5, 0.6) is 0 Å². The first-order valence-corrected chi connectivity index (χ1v) is 6.57. The third kappa shape index (κ3) is 4.59. The van der Waals surface area contributed by atoms with Crippen molar-refractivity contribution in [1.29, 1.82) is 0 Å². The fraction of sp³-hybridized carbons (Fsp3) is 0.643. The molecule has 0 saturated carbocycles. The van der Waals surface area contributed by atoms with Crippen LogP contribution in [0.15, 0.2) is 12.3 Å². The van der Waals surface area contributed by atoms with E-state index in [9.17, 15) is 4.79 Å². The molecule has 0 amide bonds. The van der Waals surface area contributed by atoms with Gasteiger partial charge in [-0.05, 0) is 26.3 Å². The molecule has 1 aromatic heterocycles. The summed E-state index contributed by atoms with van der Waals surface area (Å²) in [7, 11) is 1.65. The van der Waals surface area contributed by atoms with E-state index >= 15 is 0 Å². The molecule has 5 nitrogen and oxygen atoms in total. The van der Waals surface area contributed by atoms with E-state index < -0.39 is 0 Å². The zero-order valence-electron chi connectivity index (χ0n) is 12.2. The Morgan fingerprint density at radius 2 is 2.16 bits per heavy atom. The topological polar surface area (TPSA) is 66.5 Å². The third-order valence-corrected chi connectivity index (χ3v) is 3.08. The van der Waals surface area contributed by atoms with Gasteiger partial charge in [0, 0.05) is 26.3 Å². The van der Waals surface area contributed by atoms with E-state index in [1.54, 1.807) is 19.4 Å². The van der Waals surface area contributed by atoms with Crippen molar-refractivity contribution in [3.05, 3.63) is 18.0 Å². The van der Waals surface area contributed by atoms with E-state index in [4.69, 9.17) is 15.2 Å². The Labute approximate surface area is 114 Å². The molecule has 1 rings (SSSR count). The summed E-state index contributed by atoms with van der Waals surface area (Å²) in [6.07, 6.45) is 3.35. The van der Waals surface area contributed by atoms with Gasteiger partial charge in [0.05, 0.1) is 17.9 Å². The summed E-state index contributed by atoms with van der Waals surface area (Å²) in [6, 6.07) is 1.65. The second-order valence-corrected chi connectivity index (χ2v) is 5.20. The van der Waals surface area contributed by atoms with E-state index in [1.165, 1.54) is 0 Å². The summed E-state index contributed by atoms with van der Waals surface area (Å²) >= 11 is 0. The summed E-state index contributed by atoms with van der Waals surface area (Å²) in [6.45, 7) is 7.05. The number of aryl methyl sites for hydroxylation is 1. The first kappa shape index (κ1) is 15.6. The quantitative estimate of drug-likeness (QED) is 0.771. The third-order valence-electron chi connectivity index (χ3n) is 3.08. The van der Waals surface area contributed by atoms with Crippen LogP contribution in [0.3, 0.4) is 0 Å². The van der Waals surface area contributed by atoms with Gasteiger partial charge in [0.15, 0.2) is 0 Å². The molecule has 0 unspecified atom stereocenters. The number of methoxy groups -OCH3 is 1. The molecule has 2 N–H and O–H groups in total. The molecular formula is C14H24N2O3. The second-order valence-electron chi connectivity index (χ2n) is 5.20. The van der Waals surface area contributed by atoms with Gasteiger partial charge in [-0.3, -0.25) is 0 Å². The zero-order valence-corrected chi connectivity index (χ0v) is 12.2. The number of aromatic nitrogens is 1. The standard InChI is InChI=1S/C14H24N2O3/c1-5-7-16-10-11(15)9-12(16)13(17)19-8-6-14(2,3)18-4/h9-10H,5-8,15H2,1-4H3. The first-order chi connectivity index (χ1) is 8.89. The van der Waals surface area contributed by atoms with Crippen LogP contribution in [-0.2, 0) is 16.0 Å². The molecule has 0 aromatic carbocycles. The lowest BCUT2D eigenvalue weighted by molar-refractivity contribution is -0.00593. The number of carbonyl (C=O) groups is 1. The molecule has 0 aliphatic rings. The molecule has 0 bridgehead atoms. The highest BCUT2D eigenvalue weighted by Gasteiger charge is 2.19. The summed E-state index contributed by atoms with van der Waals surface area (Å²) in [5.74, 6) is -0.336. The maximum Gasteiger partial charge on any atom is 0.355 e. The van der Waals surface area contributed by atoms with E-state index in [-0.39, 0.29) is 11.6 Å². The number of hydrogen-bond acceptors (Lipinski definition) is 4. The molecule has 5 heteroatoms. The van der Waals surface area contributed by atoms with Crippen molar-refractivity contribution in [2.75, 3.05) is 19.5 Å². The van der Waals surface area contributed by atoms with Crippen molar-refractivity contribution < 1.29 is 14.3 Å². The van der Waals surface area contributed by atoms with E-state index in [1.807, 2.05) is 25.3 Å². The fourth-order valence-electron chi connectivity index (χ4n) is 1.70. The molecular weight excluding hydrogens is 244 g/mol. The molecule has 0 atom stereocenters. The molecule has 0 saturated heterocycles. The monoisotopic (exact) mass is 268 g/mol. The van der Waals surface area contributed by atoms with Gasteiger partial charge in [0.25, 0.3) is 0 Å². The Kier molecular flexibility index (Phi) is 5.42. The Morgan fingerprint density at radius 1 is 1.47 bits per heavy atom.